The van der Waals surface area contributed by atoms with Gasteiger partial charge in [-0.15, -0.1) is 0 Å². The van der Waals surface area contributed by atoms with Gasteiger partial charge in [0.2, 0.25) is 0 Å². The number of benzene rings is 2. The summed E-state index contributed by atoms with van der Waals surface area (Å²) < 4.78 is 0. The standard InChI is InChI=1S/C27H34ClNO/c1-18(2)20-8-12-23-21(16-20)9-13-24-26(3,14-5-15-27(23,24)4)17-29-25(30)19-6-10-22(28)11-7-19/h6-8,10-12,16,18,24H,5,9,13-15,17H2,1-4H3,(H,29,30)/t24-,26-,27+/m0/s1. The summed E-state index contributed by atoms with van der Waals surface area (Å²) in [6.07, 6.45) is 5.99. The van der Waals surface area contributed by atoms with E-state index in [1.165, 1.54) is 31.2 Å². The number of aryl methyl sites for hydroxylation is 1. The van der Waals surface area contributed by atoms with Crippen LogP contribution < -0.4 is 5.32 Å². The van der Waals surface area contributed by atoms with E-state index < -0.39 is 0 Å². The summed E-state index contributed by atoms with van der Waals surface area (Å²) in [5.41, 5.74) is 5.54. The van der Waals surface area contributed by atoms with E-state index in [2.05, 4.69) is 51.2 Å². The highest BCUT2D eigenvalue weighted by atomic mass is 35.5. The van der Waals surface area contributed by atoms with Gasteiger partial charge in [0.25, 0.3) is 5.91 Å². The third-order valence-electron chi connectivity index (χ3n) is 7.93. The molecule has 0 heterocycles. The van der Waals surface area contributed by atoms with Gasteiger partial charge in [-0.2, -0.15) is 0 Å². The molecule has 160 valence electrons. The first-order chi connectivity index (χ1) is 14.2. The van der Waals surface area contributed by atoms with Gasteiger partial charge in [0.1, 0.15) is 0 Å². The molecule has 3 atom stereocenters. The Morgan fingerprint density at radius 1 is 1.13 bits per heavy atom. The van der Waals surface area contributed by atoms with Crippen LogP contribution in [-0.2, 0) is 11.8 Å². The molecule has 1 amide bonds. The number of hydrogen-bond donors (Lipinski definition) is 1. The van der Waals surface area contributed by atoms with Crippen LogP contribution in [0.5, 0.6) is 0 Å². The molecular formula is C27H34ClNO. The molecule has 1 saturated carbocycles. The number of amides is 1. The van der Waals surface area contributed by atoms with E-state index in [-0.39, 0.29) is 16.7 Å². The molecule has 0 aliphatic heterocycles. The minimum Gasteiger partial charge on any atom is -0.351 e. The molecule has 4 rings (SSSR count). The second-order valence-electron chi connectivity index (χ2n) is 10.3. The third-order valence-corrected chi connectivity index (χ3v) is 8.18. The highest BCUT2D eigenvalue weighted by Gasteiger charge is 2.51. The van der Waals surface area contributed by atoms with Gasteiger partial charge in [0.05, 0.1) is 0 Å². The Hall–Kier alpha value is -1.80. The van der Waals surface area contributed by atoms with E-state index in [0.29, 0.717) is 22.4 Å². The largest absolute Gasteiger partial charge is 0.351 e. The number of nitrogens with one attached hydrogen (secondary N) is 1. The van der Waals surface area contributed by atoms with Crippen LogP contribution >= 0.6 is 11.6 Å². The van der Waals surface area contributed by atoms with E-state index in [0.717, 1.165) is 13.0 Å². The first-order valence-corrected chi connectivity index (χ1v) is 11.8. The van der Waals surface area contributed by atoms with Crippen LogP contribution in [0.2, 0.25) is 5.02 Å². The number of hydrogen-bond acceptors (Lipinski definition) is 1. The molecule has 3 heteroatoms. The van der Waals surface area contributed by atoms with Crippen LogP contribution in [0.25, 0.3) is 0 Å². The molecule has 0 spiro atoms. The predicted octanol–water partition coefficient (Wildman–Crippen LogP) is 6.90. The Kier molecular flexibility index (Phi) is 5.74. The van der Waals surface area contributed by atoms with E-state index in [1.54, 1.807) is 35.4 Å². The van der Waals surface area contributed by atoms with Crippen molar-refractivity contribution in [3.8, 4) is 0 Å². The summed E-state index contributed by atoms with van der Waals surface area (Å²) >= 11 is 5.97. The third kappa shape index (κ3) is 3.80. The van der Waals surface area contributed by atoms with E-state index in [1.807, 2.05) is 0 Å². The summed E-state index contributed by atoms with van der Waals surface area (Å²) in [5.74, 6) is 1.15. The average molecular weight is 424 g/mol. The fourth-order valence-electron chi connectivity index (χ4n) is 6.20. The van der Waals surface area contributed by atoms with E-state index in [4.69, 9.17) is 11.6 Å². The SMILES string of the molecule is CC(C)c1ccc2c(c1)CC[C@H]1[C@](C)(CNC(=O)c3ccc(Cl)cc3)CCC[C@]21C. The average Bonchev–Trinajstić information content (AvgIpc) is 2.72. The van der Waals surface area contributed by atoms with Crippen LogP contribution in [0.4, 0.5) is 0 Å². The van der Waals surface area contributed by atoms with Crippen molar-refractivity contribution < 1.29 is 4.79 Å². The minimum absolute atomic E-state index is 0.00190. The molecule has 0 unspecified atom stereocenters. The molecule has 2 aliphatic rings. The highest BCUT2D eigenvalue weighted by molar-refractivity contribution is 6.30. The van der Waals surface area contributed by atoms with Gasteiger partial charge in [-0.25, -0.2) is 0 Å². The lowest BCUT2D eigenvalue weighted by atomic mass is 9.49. The molecule has 2 aromatic rings. The first-order valence-electron chi connectivity index (χ1n) is 11.4. The first kappa shape index (κ1) is 21.4. The van der Waals surface area contributed by atoms with Gasteiger partial charge >= 0.3 is 0 Å². The zero-order valence-corrected chi connectivity index (χ0v) is 19.5. The molecule has 0 radical (unpaired) electrons. The zero-order chi connectivity index (χ0) is 21.5. The van der Waals surface area contributed by atoms with E-state index >= 15 is 0 Å². The molecule has 0 bridgehead atoms. The van der Waals surface area contributed by atoms with Crippen molar-refractivity contribution in [3.05, 3.63) is 69.7 Å². The van der Waals surface area contributed by atoms with Gasteiger partial charge in [-0.1, -0.05) is 63.9 Å². The summed E-state index contributed by atoms with van der Waals surface area (Å²) in [7, 11) is 0. The van der Waals surface area contributed by atoms with Crippen LogP contribution in [0, 0.1) is 11.3 Å². The van der Waals surface area contributed by atoms with Crippen molar-refractivity contribution in [1.29, 1.82) is 0 Å². The quantitative estimate of drug-likeness (QED) is 0.569. The molecule has 1 fully saturated rings. The Morgan fingerprint density at radius 3 is 2.57 bits per heavy atom. The summed E-state index contributed by atoms with van der Waals surface area (Å²) in [6.45, 7) is 10.1. The number of fused-ring (bicyclic) bond motifs is 3. The second kappa shape index (κ2) is 8.04. The summed E-state index contributed by atoms with van der Waals surface area (Å²) in [5, 5.41) is 3.90. The molecule has 30 heavy (non-hydrogen) atoms. The molecule has 2 aromatic carbocycles. The number of halogens is 1. The molecular weight excluding hydrogens is 390 g/mol. The van der Waals surface area contributed by atoms with Gasteiger partial charge < -0.3 is 5.32 Å². The molecule has 0 aromatic heterocycles. The number of rotatable bonds is 4. The fourth-order valence-corrected chi connectivity index (χ4v) is 6.33. The van der Waals surface area contributed by atoms with Crippen molar-refractivity contribution in [2.75, 3.05) is 6.54 Å². The zero-order valence-electron chi connectivity index (χ0n) is 18.7. The maximum absolute atomic E-state index is 12.7. The monoisotopic (exact) mass is 423 g/mol. The van der Waals surface area contributed by atoms with E-state index in [9.17, 15) is 4.79 Å². The number of carbonyl (C=O) groups excluding carboxylic acids is 1. The Balaban J connectivity index is 1.55. The fraction of sp³-hybridized carbons (Fsp3) is 0.519. The normalized spacial score (nSPS) is 28.0. The van der Waals surface area contributed by atoms with Crippen LogP contribution in [0.1, 0.15) is 86.3 Å². The number of carbonyl (C=O) groups is 1. The molecule has 2 aliphatic carbocycles. The van der Waals surface area contributed by atoms with Crippen LogP contribution in [-0.4, -0.2) is 12.5 Å². The van der Waals surface area contributed by atoms with Crippen molar-refractivity contribution in [1.82, 2.24) is 5.32 Å². The van der Waals surface area contributed by atoms with Crippen LogP contribution in [0.15, 0.2) is 42.5 Å². The van der Waals surface area contributed by atoms with Gasteiger partial charge in [0.15, 0.2) is 0 Å². The second-order valence-corrected chi connectivity index (χ2v) is 10.7. The van der Waals surface area contributed by atoms with Gasteiger partial charge in [-0.05, 0) is 89.3 Å². The van der Waals surface area contributed by atoms with Crippen molar-refractivity contribution in [2.24, 2.45) is 11.3 Å². The van der Waals surface area contributed by atoms with Crippen LogP contribution in [0.3, 0.4) is 0 Å². The summed E-state index contributed by atoms with van der Waals surface area (Å²) in [6, 6.07) is 14.4. The maximum atomic E-state index is 12.7. The lowest BCUT2D eigenvalue weighted by molar-refractivity contribution is 0.0254. The molecule has 2 nitrogen and oxygen atoms in total. The predicted molar refractivity (Wildman–Crippen MR) is 125 cm³/mol. The van der Waals surface area contributed by atoms with Gasteiger partial charge in [-0.3, -0.25) is 4.79 Å². The smallest absolute Gasteiger partial charge is 0.251 e. The Morgan fingerprint density at radius 2 is 1.87 bits per heavy atom. The summed E-state index contributed by atoms with van der Waals surface area (Å²) in [4.78, 5) is 12.7. The lowest BCUT2D eigenvalue weighted by Gasteiger charge is -2.55. The highest BCUT2D eigenvalue weighted by Crippen LogP contribution is 2.57. The lowest BCUT2D eigenvalue weighted by Crippen LogP contribution is -2.53. The Bertz CT molecular complexity index is 934. The van der Waals surface area contributed by atoms with Crippen molar-refractivity contribution in [2.45, 2.75) is 71.1 Å². The molecule has 1 N–H and O–H groups in total. The maximum Gasteiger partial charge on any atom is 0.251 e. The van der Waals surface area contributed by atoms with Crippen molar-refractivity contribution in [3.63, 3.8) is 0 Å². The van der Waals surface area contributed by atoms with Crippen molar-refractivity contribution >= 4 is 17.5 Å². The topological polar surface area (TPSA) is 29.1 Å². The Labute approximate surface area is 186 Å². The van der Waals surface area contributed by atoms with Gasteiger partial charge in [0, 0.05) is 17.1 Å². The minimum atomic E-state index is -0.00190. The molecule has 0 saturated heterocycles.